The summed E-state index contributed by atoms with van der Waals surface area (Å²) < 4.78 is 0. The van der Waals surface area contributed by atoms with Gasteiger partial charge in [-0.2, -0.15) is 0 Å². The Hall–Kier alpha value is -1.60. The van der Waals surface area contributed by atoms with E-state index in [1.165, 1.54) is 58.5 Å². The number of fused-ring (bicyclic) bond motifs is 2. The van der Waals surface area contributed by atoms with Crippen molar-refractivity contribution < 1.29 is 0 Å². The summed E-state index contributed by atoms with van der Waals surface area (Å²) in [5.41, 5.74) is 9.96. The molecule has 1 aromatic heterocycles. The molecule has 0 amide bonds. The monoisotopic (exact) mass is 404 g/mol. The highest BCUT2D eigenvalue weighted by molar-refractivity contribution is 7.15. The fourth-order valence-electron chi connectivity index (χ4n) is 4.86. The molecule has 0 aliphatic heterocycles. The van der Waals surface area contributed by atoms with Gasteiger partial charge < -0.3 is 0 Å². The molecule has 0 spiro atoms. The van der Waals surface area contributed by atoms with Gasteiger partial charge in [-0.05, 0) is 95.4 Å². The molecule has 2 aromatic rings. The summed E-state index contributed by atoms with van der Waals surface area (Å²) in [6.07, 6.45) is 9.79. The highest BCUT2D eigenvalue weighted by Crippen LogP contribution is 2.47. The predicted octanol–water partition coefficient (Wildman–Crippen LogP) is 8.96. The Balaban J connectivity index is 1.62. The van der Waals surface area contributed by atoms with Crippen LogP contribution in [0.3, 0.4) is 0 Å². The minimum atomic E-state index is 0.271. The maximum absolute atomic E-state index is 2.57. The van der Waals surface area contributed by atoms with E-state index >= 15 is 0 Å². The lowest BCUT2D eigenvalue weighted by atomic mass is 9.72. The molecule has 4 rings (SSSR count). The van der Waals surface area contributed by atoms with Crippen molar-refractivity contribution in [2.24, 2.45) is 5.41 Å². The second-order valence-corrected chi connectivity index (χ2v) is 11.0. The third kappa shape index (κ3) is 3.56. The van der Waals surface area contributed by atoms with Crippen LogP contribution in [0.15, 0.2) is 47.6 Å². The predicted molar refractivity (Wildman–Crippen MR) is 130 cm³/mol. The standard InChI is InChI=1S/C28H36S/c1-7-27(4,5)26-15-14-25(29-26)19-10-12-23-20(16-19)17-21-18-22(11-13-24(21)23)28(6,8-2)9-3/h10,12,14-16,18H,7-9,11,13,17H2,1-6H3. The quantitative estimate of drug-likeness (QED) is 0.450. The fraction of sp³-hybridized carbons (Fsp3) is 0.500. The van der Waals surface area contributed by atoms with E-state index in [0.29, 0.717) is 5.41 Å². The number of hydrogen-bond donors (Lipinski definition) is 0. The van der Waals surface area contributed by atoms with Gasteiger partial charge in [0, 0.05) is 9.75 Å². The average Bonchev–Trinajstić information content (AvgIpc) is 3.37. The fourth-order valence-corrected chi connectivity index (χ4v) is 6.03. The van der Waals surface area contributed by atoms with Crippen molar-refractivity contribution in [3.05, 3.63) is 63.6 Å². The van der Waals surface area contributed by atoms with Crippen LogP contribution in [-0.4, -0.2) is 0 Å². The van der Waals surface area contributed by atoms with Crippen LogP contribution in [0.1, 0.15) is 89.7 Å². The molecule has 0 saturated carbocycles. The molecule has 154 valence electrons. The lowest BCUT2D eigenvalue weighted by molar-refractivity contribution is 0.355. The van der Waals surface area contributed by atoms with Gasteiger partial charge in [-0.25, -0.2) is 0 Å². The topological polar surface area (TPSA) is 0 Å². The minimum Gasteiger partial charge on any atom is -0.140 e. The van der Waals surface area contributed by atoms with Crippen LogP contribution in [0, 0.1) is 5.41 Å². The number of rotatable bonds is 6. The molecule has 0 radical (unpaired) electrons. The van der Waals surface area contributed by atoms with Gasteiger partial charge in [0.25, 0.3) is 0 Å². The summed E-state index contributed by atoms with van der Waals surface area (Å²) in [5.74, 6) is 0. The van der Waals surface area contributed by atoms with Crippen molar-refractivity contribution in [3.8, 4) is 10.4 Å². The maximum atomic E-state index is 2.57. The van der Waals surface area contributed by atoms with Crippen LogP contribution < -0.4 is 0 Å². The molecule has 1 heterocycles. The molecule has 29 heavy (non-hydrogen) atoms. The lowest BCUT2D eigenvalue weighted by Crippen LogP contribution is -2.19. The Labute approximate surface area is 181 Å². The molecule has 0 saturated heterocycles. The van der Waals surface area contributed by atoms with E-state index in [1.54, 1.807) is 16.7 Å². The van der Waals surface area contributed by atoms with E-state index < -0.39 is 0 Å². The molecule has 0 N–H and O–H groups in total. The van der Waals surface area contributed by atoms with Crippen LogP contribution in [0.2, 0.25) is 0 Å². The second-order valence-electron chi connectivity index (χ2n) is 9.89. The molecule has 0 atom stereocenters. The van der Waals surface area contributed by atoms with Crippen molar-refractivity contribution in [2.75, 3.05) is 0 Å². The zero-order valence-electron chi connectivity index (χ0n) is 19.1. The normalized spacial score (nSPS) is 16.7. The molecule has 2 aliphatic rings. The first kappa shape index (κ1) is 20.7. The third-order valence-corrected chi connectivity index (χ3v) is 9.47. The first-order valence-corrected chi connectivity index (χ1v) is 12.3. The summed E-state index contributed by atoms with van der Waals surface area (Å²) in [6.45, 7) is 14.1. The molecular formula is C28H36S. The Morgan fingerprint density at radius 3 is 2.34 bits per heavy atom. The Morgan fingerprint density at radius 2 is 1.66 bits per heavy atom. The van der Waals surface area contributed by atoms with Crippen molar-refractivity contribution in [1.29, 1.82) is 0 Å². The van der Waals surface area contributed by atoms with Gasteiger partial charge in [0.15, 0.2) is 0 Å². The first-order chi connectivity index (χ1) is 13.8. The number of hydrogen-bond acceptors (Lipinski definition) is 1. The van der Waals surface area contributed by atoms with E-state index in [-0.39, 0.29) is 5.41 Å². The Morgan fingerprint density at radius 1 is 0.897 bits per heavy atom. The van der Waals surface area contributed by atoms with E-state index in [2.05, 4.69) is 78.0 Å². The molecule has 0 nitrogen and oxygen atoms in total. The summed E-state index contributed by atoms with van der Waals surface area (Å²) in [7, 11) is 0. The number of benzene rings is 1. The highest BCUT2D eigenvalue weighted by Gasteiger charge is 2.31. The average molecular weight is 405 g/mol. The molecule has 0 bridgehead atoms. The molecule has 2 aliphatic carbocycles. The summed E-state index contributed by atoms with van der Waals surface area (Å²) >= 11 is 1.97. The van der Waals surface area contributed by atoms with Gasteiger partial charge in [-0.15, -0.1) is 11.3 Å². The third-order valence-electron chi connectivity index (χ3n) is 7.97. The summed E-state index contributed by atoms with van der Waals surface area (Å²) in [4.78, 5) is 2.91. The van der Waals surface area contributed by atoms with Crippen molar-refractivity contribution >= 4 is 16.9 Å². The van der Waals surface area contributed by atoms with E-state index in [9.17, 15) is 0 Å². The van der Waals surface area contributed by atoms with E-state index in [1.807, 2.05) is 11.3 Å². The molecular weight excluding hydrogens is 368 g/mol. The number of thiophene rings is 1. The van der Waals surface area contributed by atoms with Crippen molar-refractivity contribution in [2.45, 2.75) is 85.5 Å². The molecule has 1 heteroatoms. The second kappa shape index (κ2) is 7.58. The van der Waals surface area contributed by atoms with Crippen LogP contribution >= 0.6 is 11.3 Å². The molecule has 1 aromatic carbocycles. The SMILES string of the molecule is CCC(C)(CC)C1=CC2=C(CC1)c1ccc(-c3ccc(C(C)(C)CC)s3)cc1C2. The van der Waals surface area contributed by atoms with Crippen molar-refractivity contribution in [3.63, 3.8) is 0 Å². The van der Waals surface area contributed by atoms with Gasteiger partial charge in [0.2, 0.25) is 0 Å². The van der Waals surface area contributed by atoms with Gasteiger partial charge >= 0.3 is 0 Å². The van der Waals surface area contributed by atoms with Crippen LogP contribution in [0.25, 0.3) is 16.0 Å². The smallest absolute Gasteiger partial charge is 0.0345 e. The van der Waals surface area contributed by atoms with Crippen LogP contribution in [0.4, 0.5) is 0 Å². The molecule has 0 fully saturated rings. The number of allylic oxidation sites excluding steroid dienone is 4. The van der Waals surface area contributed by atoms with Crippen LogP contribution in [0.5, 0.6) is 0 Å². The maximum Gasteiger partial charge on any atom is 0.0345 e. The summed E-state index contributed by atoms with van der Waals surface area (Å²) in [5, 5.41) is 0. The van der Waals surface area contributed by atoms with Gasteiger partial charge in [0.05, 0.1) is 0 Å². The van der Waals surface area contributed by atoms with E-state index in [4.69, 9.17) is 0 Å². The summed E-state index contributed by atoms with van der Waals surface area (Å²) in [6, 6.07) is 11.9. The lowest BCUT2D eigenvalue weighted by Gasteiger charge is -2.33. The minimum absolute atomic E-state index is 0.271. The Bertz CT molecular complexity index is 975. The largest absolute Gasteiger partial charge is 0.140 e. The van der Waals surface area contributed by atoms with Gasteiger partial charge in [-0.3, -0.25) is 0 Å². The molecule has 0 unspecified atom stereocenters. The van der Waals surface area contributed by atoms with Crippen LogP contribution in [-0.2, 0) is 11.8 Å². The zero-order valence-corrected chi connectivity index (χ0v) is 19.9. The Kier molecular flexibility index (Phi) is 5.40. The highest BCUT2D eigenvalue weighted by atomic mass is 32.1. The van der Waals surface area contributed by atoms with Gasteiger partial charge in [-0.1, -0.05) is 65.3 Å². The zero-order chi connectivity index (χ0) is 20.8. The van der Waals surface area contributed by atoms with Gasteiger partial charge in [0.1, 0.15) is 0 Å². The first-order valence-electron chi connectivity index (χ1n) is 11.5. The van der Waals surface area contributed by atoms with Crippen molar-refractivity contribution in [1.82, 2.24) is 0 Å². The van der Waals surface area contributed by atoms with E-state index in [0.717, 1.165) is 6.42 Å².